The van der Waals surface area contributed by atoms with Crippen molar-refractivity contribution in [2.75, 3.05) is 0 Å². The maximum atomic E-state index is 12.7. The van der Waals surface area contributed by atoms with E-state index in [4.69, 9.17) is 0 Å². The lowest BCUT2D eigenvalue weighted by atomic mass is 10.1. The van der Waals surface area contributed by atoms with Crippen LogP contribution in [0.4, 0.5) is 0 Å². The molecule has 0 spiro atoms. The fourth-order valence-electron chi connectivity index (χ4n) is 3.06. The first kappa shape index (κ1) is 18.8. The van der Waals surface area contributed by atoms with E-state index in [0.29, 0.717) is 5.69 Å². The minimum absolute atomic E-state index is 0.00780. The van der Waals surface area contributed by atoms with Gasteiger partial charge >= 0.3 is 5.97 Å². The van der Waals surface area contributed by atoms with Crippen LogP contribution in [0.2, 0.25) is 0 Å². The van der Waals surface area contributed by atoms with Gasteiger partial charge in [0.15, 0.2) is 0 Å². The lowest BCUT2D eigenvalue weighted by Gasteiger charge is -2.15. The molecule has 148 valence electrons. The van der Waals surface area contributed by atoms with Gasteiger partial charge < -0.3 is 10.1 Å². The molecule has 2 aromatic heterocycles. The summed E-state index contributed by atoms with van der Waals surface area (Å²) < 4.78 is 27.7. The third-order valence-electron chi connectivity index (χ3n) is 4.49. The van der Waals surface area contributed by atoms with Gasteiger partial charge in [-0.15, -0.1) is 0 Å². The number of nitrogens with zero attached hydrogens (tertiary/aromatic N) is 3. The molecule has 2 aromatic carbocycles. The Morgan fingerprint density at radius 3 is 2.48 bits per heavy atom. The quantitative estimate of drug-likeness (QED) is 0.425. The second-order valence-corrected chi connectivity index (χ2v) is 8.10. The average molecular weight is 411 g/mol. The highest BCUT2D eigenvalue weighted by molar-refractivity contribution is 7.89. The van der Waals surface area contributed by atoms with E-state index in [2.05, 4.69) is 19.9 Å². The molecule has 4 rings (SSSR count). The molecular weight excluding hydrogens is 394 g/mol. The summed E-state index contributed by atoms with van der Waals surface area (Å²) in [7, 11) is -4.04. The molecule has 29 heavy (non-hydrogen) atoms. The van der Waals surface area contributed by atoms with Gasteiger partial charge in [-0.3, -0.25) is 4.79 Å². The zero-order valence-corrected chi connectivity index (χ0v) is 15.9. The molecule has 2 heterocycles. The number of aromatic amines is 1. The molecule has 10 heteroatoms. The van der Waals surface area contributed by atoms with Crippen LogP contribution in [0, 0.1) is 0 Å². The van der Waals surface area contributed by atoms with Crippen molar-refractivity contribution in [3.8, 4) is 5.69 Å². The summed E-state index contributed by atoms with van der Waals surface area (Å²) in [6, 6.07) is 12.0. The molecule has 0 unspecified atom stereocenters. The number of aromatic nitrogens is 4. The normalized spacial score (nSPS) is 12.8. The smallest absolute Gasteiger partial charge is 0.322 e. The predicted molar refractivity (Wildman–Crippen MR) is 105 cm³/mol. The highest BCUT2D eigenvalue weighted by Gasteiger charge is 2.26. The van der Waals surface area contributed by atoms with E-state index in [0.717, 1.165) is 16.5 Å². The molecule has 0 bridgehead atoms. The Labute approximate surface area is 166 Å². The summed E-state index contributed by atoms with van der Waals surface area (Å²) in [4.78, 5) is 16.1. The maximum absolute atomic E-state index is 12.7. The fraction of sp³-hybridized carbons (Fsp3) is 0.105. The van der Waals surface area contributed by atoms with Crippen LogP contribution < -0.4 is 4.72 Å². The van der Waals surface area contributed by atoms with Crippen molar-refractivity contribution in [3.05, 3.63) is 72.7 Å². The molecule has 0 amide bonds. The van der Waals surface area contributed by atoms with Crippen molar-refractivity contribution >= 4 is 26.9 Å². The second kappa shape index (κ2) is 7.49. The summed E-state index contributed by atoms with van der Waals surface area (Å²) in [5.41, 5.74) is 2.16. The monoisotopic (exact) mass is 411 g/mol. The third-order valence-corrected chi connectivity index (χ3v) is 5.98. The molecule has 0 aliphatic carbocycles. The summed E-state index contributed by atoms with van der Waals surface area (Å²) in [5.74, 6) is -1.25. The van der Waals surface area contributed by atoms with Gasteiger partial charge in [0.1, 0.15) is 6.04 Å². The van der Waals surface area contributed by atoms with Crippen molar-refractivity contribution in [2.24, 2.45) is 0 Å². The number of H-pyrrole nitrogens is 1. The van der Waals surface area contributed by atoms with E-state index >= 15 is 0 Å². The Hall–Kier alpha value is -3.50. The average Bonchev–Trinajstić information content (AvgIpc) is 3.38. The van der Waals surface area contributed by atoms with E-state index in [-0.39, 0.29) is 11.3 Å². The highest BCUT2D eigenvalue weighted by Crippen LogP contribution is 2.20. The first-order chi connectivity index (χ1) is 13.9. The molecule has 1 atom stereocenters. The van der Waals surface area contributed by atoms with E-state index in [1.54, 1.807) is 18.3 Å². The number of rotatable bonds is 7. The van der Waals surface area contributed by atoms with Crippen molar-refractivity contribution < 1.29 is 18.3 Å². The number of carboxylic acids is 1. The molecule has 0 aliphatic heterocycles. The summed E-state index contributed by atoms with van der Waals surface area (Å²) in [6.45, 7) is 0. The van der Waals surface area contributed by atoms with Gasteiger partial charge in [0, 0.05) is 23.5 Å². The van der Waals surface area contributed by atoms with Crippen LogP contribution >= 0.6 is 0 Å². The zero-order valence-electron chi connectivity index (χ0n) is 15.1. The lowest BCUT2D eigenvalue weighted by Crippen LogP contribution is -2.42. The Kier molecular flexibility index (Phi) is 4.87. The Bertz CT molecular complexity index is 1250. The molecule has 3 N–H and O–H groups in total. The summed E-state index contributed by atoms with van der Waals surface area (Å²) in [6.07, 6.45) is 4.72. The minimum Gasteiger partial charge on any atom is -0.480 e. The molecule has 9 nitrogen and oxygen atoms in total. The van der Waals surface area contributed by atoms with E-state index < -0.39 is 22.0 Å². The van der Waals surface area contributed by atoms with Crippen LogP contribution in [-0.4, -0.2) is 45.5 Å². The molecule has 0 saturated carbocycles. The number of nitrogens with one attached hydrogen (secondary N) is 2. The number of sulfonamides is 1. The van der Waals surface area contributed by atoms with Crippen molar-refractivity contribution in [3.63, 3.8) is 0 Å². The Morgan fingerprint density at radius 2 is 1.79 bits per heavy atom. The number of aliphatic carboxylic acids is 1. The van der Waals surface area contributed by atoms with Crippen LogP contribution in [0.1, 0.15) is 5.56 Å². The van der Waals surface area contributed by atoms with Crippen LogP contribution in [0.15, 0.2) is 72.0 Å². The minimum atomic E-state index is -4.04. The van der Waals surface area contributed by atoms with Gasteiger partial charge in [0.05, 0.1) is 23.0 Å². The maximum Gasteiger partial charge on any atom is 0.322 e. The van der Waals surface area contributed by atoms with Crippen LogP contribution in [0.5, 0.6) is 0 Å². The van der Waals surface area contributed by atoms with Crippen LogP contribution in [-0.2, 0) is 21.2 Å². The number of benzene rings is 2. The number of hydrogen-bond acceptors (Lipinski definition) is 5. The Morgan fingerprint density at radius 1 is 1.10 bits per heavy atom. The van der Waals surface area contributed by atoms with Crippen molar-refractivity contribution in [2.45, 2.75) is 17.4 Å². The number of hydrogen-bond donors (Lipinski definition) is 3. The first-order valence-corrected chi connectivity index (χ1v) is 10.2. The van der Waals surface area contributed by atoms with Crippen molar-refractivity contribution in [1.82, 2.24) is 24.7 Å². The Balaban J connectivity index is 1.56. The fourth-order valence-corrected chi connectivity index (χ4v) is 4.25. The van der Waals surface area contributed by atoms with E-state index in [1.165, 1.54) is 29.3 Å². The first-order valence-electron chi connectivity index (χ1n) is 8.71. The molecule has 0 aliphatic rings. The largest absolute Gasteiger partial charge is 0.480 e. The van der Waals surface area contributed by atoms with Crippen LogP contribution in [0.25, 0.3) is 16.6 Å². The molecular formula is C19H17N5O4S. The van der Waals surface area contributed by atoms with Crippen LogP contribution in [0.3, 0.4) is 0 Å². The molecule has 0 fully saturated rings. The number of fused-ring (bicyclic) bond motifs is 1. The molecule has 0 radical (unpaired) electrons. The lowest BCUT2D eigenvalue weighted by molar-refractivity contribution is -0.138. The SMILES string of the molecule is O=C(O)[C@@H](Cc1c[nH]c2ccccc12)NS(=O)(=O)c1ccc(-n2nccn2)cc1. The van der Waals surface area contributed by atoms with Gasteiger partial charge in [-0.1, -0.05) is 18.2 Å². The molecule has 0 saturated heterocycles. The van der Waals surface area contributed by atoms with Gasteiger partial charge in [-0.25, -0.2) is 8.42 Å². The zero-order chi connectivity index (χ0) is 20.4. The number of carbonyl (C=O) groups is 1. The number of para-hydroxylation sites is 1. The third kappa shape index (κ3) is 3.89. The van der Waals surface area contributed by atoms with Gasteiger partial charge in [-0.05, 0) is 35.9 Å². The standard InChI is InChI=1S/C19H17N5O4S/c25-19(26)18(11-13-12-20-17-4-2-1-3-16(13)17)23-29(27,28)15-7-5-14(6-8-15)24-21-9-10-22-24/h1-10,12,18,20,23H,11H2,(H,25,26)/t18-/m1/s1. The summed E-state index contributed by atoms with van der Waals surface area (Å²) in [5, 5.41) is 18.4. The van der Waals surface area contributed by atoms with Gasteiger partial charge in [-0.2, -0.15) is 19.7 Å². The highest BCUT2D eigenvalue weighted by atomic mass is 32.2. The molecule has 4 aromatic rings. The predicted octanol–water partition coefficient (Wildman–Crippen LogP) is 1.72. The van der Waals surface area contributed by atoms with Crippen molar-refractivity contribution in [1.29, 1.82) is 0 Å². The topological polar surface area (TPSA) is 130 Å². The van der Waals surface area contributed by atoms with Gasteiger partial charge in [0.25, 0.3) is 0 Å². The number of carboxylic acid groups (broad SMARTS) is 1. The van der Waals surface area contributed by atoms with Gasteiger partial charge in [0.2, 0.25) is 10.0 Å². The summed E-state index contributed by atoms with van der Waals surface area (Å²) >= 11 is 0. The second-order valence-electron chi connectivity index (χ2n) is 6.39. The van der Waals surface area contributed by atoms with E-state index in [9.17, 15) is 18.3 Å². The van der Waals surface area contributed by atoms with E-state index in [1.807, 2.05) is 24.3 Å².